The van der Waals surface area contributed by atoms with E-state index in [2.05, 4.69) is 62.7 Å². The number of aromatic amines is 1. The van der Waals surface area contributed by atoms with Gasteiger partial charge in [-0.05, 0) is 55.7 Å². The van der Waals surface area contributed by atoms with E-state index in [1.165, 1.54) is 11.3 Å². The maximum absolute atomic E-state index is 13.6. The van der Waals surface area contributed by atoms with Crippen molar-refractivity contribution in [3.8, 4) is 6.07 Å². The van der Waals surface area contributed by atoms with Crippen molar-refractivity contribution in [3.63, 3.8) is 0 Å². The first-order chi connectivity index (χ1) is 13.9. The first-order valence-electron chi connectivity index (χ1n) is 10.4. The Morgan fingerprint density at radius 3 is 2.45 bits per heavy atom. The van der Waals surface area contributed by atoms with Crippen molar-refractivity contribution in [2.24, 2.45) is 0 Å². The molecule has 4 rings (SSSR count). The molecule has 0 unspecified atom stereocenters. The van der Waals surface area contributed by atoms with E-state index in [0.29, 0.717) is 5.56 Å². The van der Waals surface area contributed by atoms with Crippen LogP contribution in [-0.4, -0.2) is 23.9 Å². The zero-order valence-corrected chi connectivity index (χ0v) is 17.8. The summed E-state index contributed by atoms with van der Waals surface area (Å²) >= 11 is 0. The van der Waals surface area contributed by atoms with Gasteiger partial charge in [-0.1, -0.05) is 26.8 Å². The molecular weight excluding hydrogens is 358 g/mol. The standard InChI is InChI=1S/C25H27N3O/c1-6-16-12-18-19(13-21(16)28(7-2)8-3)25(4,5)24-22(23(18)29)17-10-9-15(14-26)11-20(17)27-24/h9-13,27H,6-8H2,1-5H3. The van der Waals surface area contributed by atoms with E-state index in [-0.39, 0.29) is 11.2 Å². The topological polar surface area (TPSA) is 59.9 Å². The number of hydrogen-bond acceptors (Lipinski definition) is 3. The van der Waals surface area contributed by atoms with Crippen LogP contribution in [0.2, 0.25) is 0 Å². The van der Waals surface area contributed by atoms with Crippen LogP contribution in [-0.2, 0) is 11.8 Å². The summed E-state index contributed by atoms with van der Waals surface area (Å²) in [4.78, 5) is 19.4. The van der Waals surface area contributed by atoms with Gasteiger partial charge in [0, 0.05) is 46.4 Å². The summed E-state index contributed by atoms with van der Waals surface area (Å²) in [6.07, 6.45) is 0.888. The first kappa shape index (κ1) is 19.3. The molecule has 1 N–H and O–H groups in total. The van der Waals surface area contributed by atoms with Crippen LogP contribution in [0.1, 0.15) is 72.9 Å². The number of nitrogens with one attached hydrogen (secondary N) is 1. The van der Waals surface area contributed by atoms with Crippen LogP contribution in [0.5, 0.6) is 0 Å². The highest BCUT2D eigenvalue weighted by atomic mass is 16.1. The number of aromatic nitrogens is 1. The predicted octanol–water partition coefficient (Wildman–Crippen LogP) is 5.32. The van der Waals surface area contributed by atoms with E-state index in [0.717, 1.165) is 52.8 Å². The number of rotatable bonds is 4. The fourth-order valence-corrected chi connectivity index (χ4v) is 4.72. The summed E-state index contributed by atoms with van der Waals surface area (Å²) < 4.78 is 0. The minimum atomic E-state index is -0.335. The number of anilines is 1. The Bertz CT molecular complexity index is 1170. The lowest BCUT2D eigenvalue weighted by atomic mass is 9.70. The maximum atomic E-state index is 13.6. The molecule has 4 heteroatoms. The molecule has 2 aromatic carbocycles. The zero-order chi connectivity index (χ0) is 20.9. The van der Waals surface area contributed by atoms with Crippen molar-refractivity contribution >= 4 is 22.4 Å². The van der Waals surface area contributed by atoms with Gasteiger partial charge < -0.3 is 9.88 Å². The molecule has 0 spiro atoms. The molecule has 1 aromatic heterocycles. The minimum Gasteiger partial charge on any atom is -0.372 e. The molecule has 3 aromatic rings. The number of fused-ring (bicyclic) bond motifs is 4. The van der Waals surface area contributed by atoms with Crippen LogP contribution in [0.3, 0.4) is 0 Å². The van der Waals surface area contributed by atoms with Gasteiger partial charge in [-0.25, -0.2) is 0 Å². The van der Waals surface area contributed by atoms with Crippen LogP contribution in [0.25, 0.3) is 10.9 Å². The highest BCUT2D eigenvalue weighted by Gasteiger charge is 2.40. The number of H-pyrrole nitrogens is 1. The molecule has 0 fully saturated rings. The number of carbonyl (C=O) groups excluding carboxylic acids is 1. The van der Waals surface area contributed by atoms with Crippen molar-refractivity contribution < 1.29 is 4.79 Å². The lowest BCUT2D eigenvalue weighted by molar-refractivity contribution is 0.103. The van der Waals surface area contributed by atoms with Gasteiger partial charge >= 0.3 is 0 Å². The Kier molecular flexibility index (Phi) is 4.50. The molecule has 0 saturated heterocycles. The molecule has 1 aliphatic rings. The molecule has 0 atom stereocenters. The normalized spacial score (nSPS) is 14.4. The number of aryl methyl sites for hydroxylation is 1. The second kappa shape index (κ2) is 6.77. The summed E-state index contributed by atoms with van der Waals surface area (Å²) in [5, 5.41) is 10.1. The van der Waals surface area contributed by atoms with Crippen molar-refractivity contribution in [1.29, 1.82) is 5.26 Å². The van der Waals surface area contributed by atoms with Crippen molar-refractivity contribution in [3.05, 3.63) is 63.8 Å². The fraction of sp³-hybridized carbons (Fsp3) is 0.360. The molecule has 1 heterocycles. The monoisotopic (exact) mass is 385 g/mol. The van der Waals surface area contributed by atoms with E-state index < -0.39 is 0 Å². The van der Waals surface area contributed by atoms with E-state index in [1.807, 2.05) is 12.1 Å². The summed E-state index contributed by atoms with van der Waals surface area (Å²) in [7, 11) is 0. The van der Waals surface area contributed by atoms with Crippen LogP contribution in [0.15, 0.2) is 30.3 Å². The van der Waals surface area contributed by atoms with Crippen molar-refractivity contribution in [2.75, 3.05) is 18.0 Å². The lowest BCUT2D eigenvalue weighted by Gasteiger charge is -2.35. The van der Waals surface area contributed by atoms with Gasteiger partial charge in [-0.3, -0.25) is 4.79 Å². The van der Waals surface area contributed by atoms with Gasteiger partial charge in [0.1, 0.15) is 0 Å². The van der Waals surface area contributed by atoms with E-state index in [1.54, 1.807) is 6.07 Å². The number of nitrogens with zero attached hydrogens (tertiary/aromatic N) is 2. The van der Waals surface area contributed by atoms with Gasteiger partial charge in [0.2, 0.25) is 0 Å². The maximum Gasteiger partial charge on any atom is 0.195 e. The minimum absolute atomic E-state index is 0.0751. The molecule has 1 aliphatic carbocycles. The van der Waals surface area contributed by atoms with Crippen molar-refractivity contribution in [2.45, 2.75) is 46.5 Å². The van der Waals surface area contributed by atoms with E-state index in [4.69, 9.17) is 0 Å². The Morgan fingerprint density at radius 1 is 1.10 bits per heavy atom. The van der Waals surface area contributed by atoms with Gasteiger partial charge in [0.15, 0.2) is 5.78 Å². The average molecular weight is 386 g/mol. The molecule has 0 bridgehead atoms. The summed E-state index contributed by atoms with van der Waals surface area (Å²) in [6.45, 7) is 12.7. The third-order valence-corrected chi connectivity index (χ3v) is 6.40. The molecule has 0 aliphatic heterocycles. The average Bonchev–Trinajstić information content (AvgIpc) is 3.12. The number of carbonyl (C=O) groups is 1. The molecule has 0 radical (unpaired) electrons. The first-order valence-corrected chi connectivity index (χ1v) is 10.4. The smallest absolute Gasteiger partial charge is 0.195 e. The number of benzene rings is 2. The SMILES string of the molecule is CCc1cc2c(cc1N(CC)CC)C(C)(C)c1[nH]c3cc(C#N)ccc3c1C2=O. The fourth-order valence-electron chi connectivity index (χ4n) is 4.72. The van der Waals surface area contributed by atoms with Gasteiger partial charge in [-0.2, -0.15) is 5.26 Å². The van der Waals surface area contributed by atoms with Crippen LogP contribution in [0, 0.1) is 11.3 Å². The highest BCUT2D eigenvalue weighted by Crippen LogP contribution is 2.45. The Hall–Kier alpha value is -3.06. The largest absolute Gasteiger partial charge is 0.372 e. The Morgan fingerprint density at radius 2 is 1.83 bits per heavy atom. The molecule has 0 saturated carbocycles. The predicted molar refractivity (Wildman–Crippen MR) is 118 cm³/mol. The van der Waals surface area contributed by atoms with Gasteiger partial charge in [-0.15, -0.1) is 0 Å². The van der Waals surface area contributed by atoms with Crippen LogP contribution < -0.4 is 4.90 Å². The highest BCUT2D eigenvalue weighted by molar-refractivity contribution is 6.20. The van der Waals surface area contributed by atoms with E-state index in [9.17, 15) is 10.1 Å². The molecule has 0 amide bonds. The third-order valence-electron chi connectivity index (χ3n) is 6.40. The molecule has 4 nitrogen and oxygen atoms in total. The van der Waals surface area contributed by atoms with Gasteiger partial charge in [0.05, 0.1) is 17.2 Å². The second-order valence-electron chi connectivity index (χ2n) is 8.25. The molecule has 29 heavy (non-hydrogen) atoms. The second-order valence-corrected chi connectivity index (χ2v) is 8.25. The van der Waals surface area contributed by atoms with Crippen LogP contribution >= 0.6 is 0 Å². The molecular formula is C25H27N3O. The number of nitriles is 1. The summed E-state index contributed by atoms with van der Waals surface area (Å²) in [5.74, 6) is 0.0751. The number of ketones is 1. The Balaban J connectivity index is 2.01. The lowest BCUT2D eigenvalue weighted by Crippen LogP contribution is -2.32. The third kappa shape index (κ3) is 2.68. The van der Waals surface area contributed by atoms with Gasteiger partial charge in [0.25, 0.3) is 0 Å². The van der Waals surface area contributed by atoms with E-state index >= 15 is 0 Å². The quantitative estimate of drug-likeness (QED) is 0.661. The van der Waals surface area contributed by atoms with Crippen LogP contribution in [0.4, 0.5) is 5.69 Å². The number of hydrogen-bond donors (Lipinski definition) is 1. The Labute approximate surface area is 172 Å². The summed E-state index contributed by atoms with van der Waals surface area (Å²) in [6, 6.07) is 12.0. The van der Waals surface area contributed by atoms with Crippen molar-refractivity contribution in [1.82, 2.24) is 4.98 Å². The molecule has 148 valence electrons. The summed E-state index contributed by atoms with van der Waals surface area (Å²) in [5.41, 5.74) is 7.11. The zero-order valence-electron chi connectivity index (χ0n) is 17.8.